The van der Waals surface area contributed by atoms with Gasteiger partial charge in [-0.25, -0.2) is 0 Å². The molecule has 62 heavy (non-hydrogen) atoms. The summed E-state index contributed by atoms with van der Waals surface area (Å²) < 4.78 is 0. The highest BCUT2D eigenvalue weighted by atomic mass is 15.2. The largest absolute Gasteiger partial charge is 0.311 e. The summed E-state index contributed by atoms with van der Waals surface area (Å²) in [5, 5.41) is 0. The molecule has 0 amide bonds. The van der Waals surface area contributed by atoms with Crippen LogP contribution in [-0.2, 0) is 27.1 Å². The first-order valence-electron chi connectivity index (χ1n) is 23.4. The van der Waals surface area contributed by atoms with Crippen LogP contribution in [0.25, 0.3) is 11.1 Å². The normalized spacial score (nSPS) is 16.5. The standard InChI is InChI=1S/C59H69BN2/c1-37(2)39-31-52-54-53(32-39)62(49-28-24-41(56(6,7)8)33-44(49)38-19-17-16-18-20-38)51-36-46-45(58(12,13)29-30-59(46,14)15)35-48(51)60(54)47-27-23-42(57(9,10)11)34-50(47)61(52)43-25-21-40(22-26-43)55(3,4)5/h16-28,31-37H,29-30H2,1-15H3. The summed E-state index contributed by atoms with van der Waals surface area (Å²) in [4.78, 5) is 5.31. The lowest BCUT2D eigenvalue weighted by atomic mass is 9.33. The van der Waals surface area contributed by atoms with Crippen LogP contribution in [0.2, 0.25) is 0 Å². The second-order valence-corrected chi connectivity index (χ2v) is 23.6. The van der Waals surface area contributed by atoms with Crippen molar-refractivity contribution in [1.29, 1.82) is 0 Å². The summed E-state index contributed by atoms with van der Waals surface area (Å²) in [7, 11) is 0. The number of nitrogens with zero attached hydrogens (tertiary/aromatic N) is 2. The Morgan fingerprint density at radius 2 is 1.00 bits per heavy atom. The second kappa shape index (κ2) is 14.3. The predicted molar refractivity (Wildman–Crippen MR) is 271 cm³/mol. The number of hydrogen-bond donors (Lipinski definition) is 0. The van der Waals surface area contributed by atoms with Crippen LogP contribution >= 0.6 is 0 Å². The SMILES string of the molecule is CC(C)c1cc2c3c(c1)N(c1ccc(C(C)(C)C)cc1-c1ccccc1)c1cc4c(cc1B3c1ccc(C(C)(C)C)cc1N2c1ccc(C(C)(C)C)cc1)C(C)(C)CCC4(C)C. The van der Waals surface area contributed by atoms with Crippen LogP contribution in [0.4, 0.5) is 34.1 Å². The van der Waals surface area contributed by atoms with Gasteiger partial charge in [0.1, 0.15) is 0 Å². The minimum absolute atomic E-state index is 0.00295. The summed E-state index contributed by atoms with van der Waals surface area (Å²) in [6.07, 6.45) is 2.35. The van der Waals surface area contributed by atoms with E-state index in [-0.39, 0.29) is 33.8 Å². The molecule has 0 saturated carbocycles. The molecule has 0 atom stereocenters. The van der Waals surface area contributed by atoms with Gasteiger partial charge in [-0.1, -0.05) is 171 Å². The van der Waals surface area contributed by atoms with Crippen LogP contribution in [-0.4, -0.2) is 6.71 Å². The van der Waals surface area contributed by atoms with E-state index >= 15 is 0 Å². The minimum atomic E-state index is -0.00891. The number of benzene rings is 6. The number of hydrogen-bond acceptors (Lipinski definition) is 2. The van der Waals surface area contributed by atoms with E-state index in [1.54, 1.807) is 0 Å². The average molecular weight is 817 g/mol. The van der Waals surface area contributed by atoms with Gasteiger partial charge in [0, 0.05) is 34.0 Å². The van der Waals surface area contributed by atoms with Crippen LogP contribution in [0, 0.1) is 0 Å². The summed E-state index contributed by atoms with van der Waals surface area (Å²) >= 11 is 0. The summed E-state index contributed by atoms with van der Waals surface area (Å²) in [5.74, 6) is 0.325. The van der Waals surface area contributed by atoms with Gasteiger partial charge >= 0.3 is 0 Å². The molecule has 3 aliphatic rings. The Bertz CT molecular complexity index is 2710. The Balaban J connectivity index is 1.44. The molecule has 0 unspecified atom stereocenters. The highest BCUT2D eigenvalue weighted by Crippen LogP contribution is 2.52. The zero-order valence-corrected chi connectivity index (χ0v) is 40.4. The Labute approximate surface area is 374 Å². The molecule has 3 heteroatoms. The molecule has 1 aliphatic carbocycles. The van der Waals surface area contributed by atoms with Crippen molar-refractivity contribution in [2.75, 3.05) is 9.80 Å². The molecule has 318 valence electrons. The van der Waals surface area contributed by atoms with E-state index in [0.29, 0.717) is 5.92 Å². The minimum Gasteiger partial charge on any atom is -0.311 e. The fraction of sp³-hybridized carbons (Fsp3) is 0.390. The highest BCUT2D eigenvalue weighted by Gasteiger charge is 2.47. The lowest BCUT2D eigenvalue weighted by Gasteiger charge is -2.48. The smallest absolute Gasteiger partial charge is 0.252 e. The van der Waals surface area contributed by atoms with E-state index in [0.717, 1.165) is 0 Å². The van der Waals surface area contributed by atoms with Gasteiger partial charge in [-0.15, -0.1) is 0 Å². The van der Waals surface area contributed by atoms with Crippen LogP contribution < -0.4 is 26.2 Å². The van der Waals surface area contributed by atoms with Gasteiger partial charge in [-0.05, 0) is 150 Å². The number of rotatable bonds is 4. The molecular formula is C59H69BN2. The maximum absolute atomic E-state index is 2.69. The molecule has 6 aromatic rings. The lowest BCUT2D eigenvalue weighted by Crippen LogP contribution is -2.62. The van der Waals surface area contributed by atoms with Crippen molar-refractivity contribution >= 4 is 57.2 Å². The topological polar surface area (TPSA) is 6.48 Å². The Hall–Kier alpha value is -5.02. The Morgan fingerprint density at radius 3 is 1.58 bits per heavy atom. The maximum atomic E-state index is 2.69. The number of anilines is 6. The van der Waals surface area contributed by atoms with Crippen molar-refractivity contribution in [2.45, 2.75) is 150 Å². The highest BCUT2D eigenvalue weighted by molar-refractivity contribution is 7.00. The molecule has 0 spiro atoms. The third-order valence-electron chi connectivity index (χ3n) is 14.8. The summed E-state index contributed by atoms with van der Waals surface area (Å²) in [6, 6.07) is 45.7. The Kier molecular flexibility index (Phi) is 9.72. The van der Waals surface area contributed by atoms with Gasteiger partial charge in [-0.3, -0.25) is 0 Å². The van der Waals surface area contributed by atoms with Gasteiger partial charge in [0.25, 0.3) is 6.71 Å². The fourth-order valence-electron chi connectivity index (χ4n) is 10.6. The first kappa shape index (κ1) is 42.3. The van der Waals surface area contributed by atoms with Gasteiger partial charge in [-0.2, -0.15) is 0 Å². The first-order valence-corrected chi connectivity index (χ1v) is 23.4. The van der Waals surface area contributed by atoms with E-state index < -0.39 is 0 Å². The van der Waals surface area contributed by atoms with E-state index in [9.17, 15) is 0 Å². The lowest BCUT2D eigenvalue weighted by molar-refractivity contribution is 0.332. The van der Waals surface area contributed by atoms with Crippen molar-refractivity contribution in [3.05, 3.63) is 149 Å². The number of fused-ring (bicyclic) bond motifs is 5. The Morgan fingerprint density at radius 1 is 0.484 bits per heavy atom. The van der Waals surface area contributed by atoms with Gasteiger partial charge < -0.3 is 9.80 Å². The van der Waals surface area contributed by atoms with Crippen molar-refractivity contribution < 1.29 is 0 Å². The van der Waals surface area contributed by atoms with Crippen molar-refractivity contribution in [2.24, 2.45) is 0 Å². The van der Waals surface area contributed by atoms with Crippen LogP contribution in [0.3, 0.4) is 0 Å². The molecule has 0 N–H and O–H groups in total. The quantitative estimate of drug-likeness (QED) is 0.163. The van der Waals surface area contributed by atoms with E-state index in [2.05, 4.69) is 229 Å². The van der Waals surface area contributed by atoms with Crippen LogP contribution in [0.15, 0.2) is 115 Å². The summed E-state index contributed by atoms with van der Waals surface area (Å²) in [5.41, 5.74) is 22.9. The zero-order chi connectivity index (χ0) is 44.5. The molecular weight excluding hydrogens is 747 g/mol. The van der Waals surface area contributed by atoms with Crippen LogP contribution in [0.5, 0.6) is 0 Å². The average Bonchev–Trinajstić information content (AvgIpc) is 3.21. The third-order valence-corrected chi connectivity index (χ3v) is 14.8. The van der Waals surface area contributed by atoms with E-state index in [4.69, 9.17) is 0 Å². The molecule has 9 rings (SSSR count). The molecule has 0 bridgehead atoms. The fourth-order valence-corrected chi connectivity index (χ4v) is 10.6. The molecule has 0 fully saturated rings. The third kappa shape index (κ3) is 6.94. The van der Waals surface area contributed by atoms with E-state index in [1.807, 2.05) is 0 Å². The first-order chi connectivity index (χ1) is 29.0. The molecule has 2 heterocycles. The monoisotopic (exact) mass is 817 g/mol. The van der Waals surface area contributed by atoms with Gasteiger partial charge in [0.05, 0.1) is 5.69 Å². The summed E-state index contributed by atoms with van der Waals surface area (Å²) in [6.45, 7) is 35.7. The van der Waals surface area contributed by atoms with Crippen LogP contribution in [0.1, 0.15) is 156 Å². The molecule has 0 aromatic heterocycles. The van der Waals surface area contributed by atoms with Crippen molar-refractivity contribution in [3.8, 4) is 11.1 Å². The molecule has 0 saturated heterocycles. The van der Waals surface area contributed by atoms with E-state index in [1.165, 1.54) is 108 Å². The van der Waals surface area contributed by atoms with Crippen molar-refractivity contribution in [1.82, 2.24) is 0 Å². The molecule has 2 nitrogen and oxygen atoms in total. The molecule has 0 radical (unpaired) electrons. The van der Waals surface area contributed by atoms with Crippen molar-refractivity contribution in [3.63, 3.8) is 0 Å². The second-order valence-electron chi connectivity index (χ2n) is 23.6. The van der Waals surface area contributed by atoms with Gasteiger partial charge in [0.2, 0.25) is 0 Å². The zero-order valence-electron chi connectivity index (χ0n) is 40.4. The predicted octanol–water partition coefficient (Wildman–Crippen LogP) is 14.8. The molecule has 2 aliphatic heterocycles. The molecule has 6 aromatic carbocycles. The maximum Gasteiger partial charge on any atom is 0.252 e. The van der Waals surface area contributed by atoms with Gasteiger partial charge in [0.15, 0.2) is 0 Å².